The third-order valence-corrected chi connectivity index (χ3v) is 21.5. The summed E-state index contributed by atoms with van der Waals surface area (Å²) >= 11 is 7.32. The van der Waals surface area contributed by atoms with Crippen molar-refractivity contribution in [3.63, 3.8) is 0 Å². The van der Waals surface area contributed by atoms with E-state index in [2.05, 4.69) is 207 Å². The highest BCUT2D eigenvalue weighted by Crippen LogP contribution is 2.51. The average Bonchev–Trinajstić information content (AvgIpc) is 3.60. The van der Waals surface area contributed by atoms with E-state index in [0.29, 0.717) is 0 Å². The van der Waals surface area contributed by atoms with E-state index in [0.717, 1.165) is 90.8 Å². The lowest BCUT2D eigenvalue weighted by atomic mass is 10.0. The number of para-hydroxylation sites is 4. The molecule has 0 amide bonds. The number of halogens is 2. The standard InChI is InChI=1S/C63H68N10S4.2BrH/c1-44(40-68-48-22-8-12-26-52(48)74-56-30-18-34-64-60(56)68)72(5,45(2)41-69-49-23-9-13-27-53(49)75-57-31-19-35-65-61(57)69)38-16-7-17-39-73(6,46(3)42-70-50-24-10-14-28-54(50)76-58-32-20-36-66-62(58)70)47(4)43-71-51-25-11-15-29-55(51)77-59-33-21-37-67-63(59)71;;/h8-15,18-37,44-47H,7,16-17,38-43H2,1-6H3;2*1H/q+2;;/p-2. The number of quaternary nitrogens is 2. The van der Waals surface area contributed by atoms with Crippen molar-refractivity contribution in [1.29, 1.82) is 0 Å². The van der Waals surface area contributed by atoms with Crippen LogP contribution in [0.15, 0.2) is 210 Å². The molecule has 8 heterocycles. The number of benzene rings is 4. The van der Waals surface area contributed by atoms with Crippen LogP contribution in [0.1, 0.15) is 47.0 Å². The minimum Gasteiger partial charge on any atom is -1.00 e. The zero-order chi connectivity index (χ0) is 52.7. The summed E-state index contributed by atoms with van der Waals surface area (Å²) in [5, 5.41) is 0. The van der Waals surface area contributed by atoms with Gasteiger partial charge in [0, 0.05) is 44.4 Å². The lowest BCUT2D eigenvalue weighted by Gasteiger charge is -2.49. The first-order valence-electron chi connectivity index (χ1n) is 27.2. The van der Waals surface area contributed by atoms with Gasteiger partial charge in [-0.2, -0.15) is 0 Å². The van der Waals surface area contributed by atoms with Crippen LogP contribution in [-0.4, -0.2) is 106 Å². The molecule has 0 saturated heterocycles. The zero-order valence-corrected chi connectivity index (χ0v) is 52.1. The Morgan fingerprint density at radius 1 is 0.329 bits per heavy atom. The Kier molecular flexibility index (Phi) is 17.8. The second-order valence-corrected chi connectivity index (χ2v) is 26.0. The van der Waals surface area contributed by atoms with E-state index in [1.807, 2.05) is 71.8 Å². The Morgan fingerprint density at radius 2 is 0.557 bits per heavy atom. The fraction of sp³-hybridized carbons (Fsp3) is 0.302. The van der Waals surface area contributed by atoms with Gasteiger partial charge >= 0.3 is 0 Å². The van der Waals surface area contributed by atoms with E-state index in [4.69, 9.17) is 19.9 Å². The molecule has 0 fully saturated rings. The Bertz CT molecular complexity index is 2810. The molecule has 0 saturated carbocycles. The highest BCUT2D eigenvalue weighted by Gasteiger charge is 2.43. The highest BCUT2D eigenvalue weighted by molar-refractivity contribution is 8.00. The number of rotatable bonds is 18. The molecule has 10 nitrogen and oxygen atoms in total. The third-order valence-electron chi connectivity index (χ3n) is 17.1. The van der Waals surface area contributed by atoms with Gasteiger partial charge in [0.2, 0.25) is 0 Å². The van der Waals surface area contributed by atoms with E-state index in [1.54, 1.807) is 0 Å². The molecule has 12 rings (SSSR count). The third kappa shape index (κ3) is 11.2. The lowest BCUT2D eigenvalue weighted by Crippen LogP contribution is -3.00. The van der Waals surface area contributed by atoms with Crippen molar-refractivity contribution < 1.29 is 42.9 Å². The number of hydrogen-bond donors (Lipinski definition) is 0. The molecule has 8 aromatic rings. The molecule has 0 aliphatic carbocycles. The van der Waals surface area contributed by atoms with Crippen molar-refractivity contribution in [2.45, 2.75) is 110 Å². The average molecular weight is 1250 g/mol. The summed E-state index contributed by atoms with van der Waals surface area (Å²) in [6.07, 6.45) is 11.2. The van der Waals surface area contributed by atoms with E-state index >= 15 is 0 Å². The quantitative estimate of drug-likeness (QED) is 0.0608. The number of anilines is 8. The molecule has 4 aliphatic heterocycles. The molecule has 0 radical (unpaired) electrons. The van der Waals surface area contributed by atoms with Crippen molar-refractivity contribution in [3.8, 4) is 0 Å². The number of likely N-dealkylation sites (N-methyl/N-ethyl adjacent to an activating group) is 2. The first kappa shape index (κ1) is 57.2. The number of aromatic nitrogens is 4. The van der Waals surface area contributed by atoms with Crippen molar-refractivity contribution in [2.24, 2.45) is 0 Å². The fourth-order valence-corrected chi connectivity index (χ4v) is 16.3. The van der Waals surface area contributed by atoms with Gasteiger partial charge in [-0.15, -0.1) is 0 Å². The molecule has 4 aliphatic rings. The van der Waals surface area contributed by atoms with Crippen LogP contribution in [0.5, 0.6) is 0 Å². The van der Waals surface area contributed by atoms with Gasteiger partial charge in [-0.05, 0) is 144 Å². The molecule has 4 aromatic heterocycles. The predicted octanol–water partition coefficient (Wildman–Crippen LogP) is 9.40. The maximum Gasteiger partial charge on any atom is 0.147 e. The van der Waals surface area contributed by atoms with Gasteiger partial charge in [0.05, 0.1) is 95.7 Å². The van der Waals surface area contributed by atoms with Crippen molar-refractivity contribution in [2.75, 3.05) is 73.0 Å². The Morgan fingerprint density at radius 3 is 0.810 bits per heavy atom. The minimum absolute atomic E-state index is 0. The molecule has 79 heavy (non-hydrogen) atoms. The number of hydrogen-bond acceptors (Lipinski definition) is 12. The second-order valence-electron chi connectivity index (χ2n) is 21.6. The zero-order valence-electron chi connectivity index (χ0n) is 45.7. The number of unbranched alkanes of at least 4 members (excludes halogenated alkanes) is 2. The van der Waals surface area contributed by atoms with E-state index in [1.165, 1.54) is 61.9 Å². The van der Waals surface area contributed by atoms with Crippen molar-refractivity contribution in [3.05, 3.63) is 170 Å². The van der Waals surface area contributed by atoms with Gasteiger partial charge in [0.1, 0.15) is 47.4 Å². The van der Waals surface area contributed by atoms with Crippen molar-refractivity contribution >= 4 is 93.1 Å². The smallest absolute Gasteiger partial charge is 0.147 e. The first-order chi connectivity index (χ1) is 37.6. The lowest BCUT2D eigenvalue weighted by molar-refractivity contribution is -0.951. The summed E-state index contributed by atoms with van der Waals surface area (Å²) in [7, 11) is 5.07. The Hall–Kier alpha value is -5.04. The Labute approximate surface area is 505 Å². The summed E-state index contributed by atoms with van der Waals surface area (Å²) in [4.78, 5) is 40.2. The molecule has 16 heteroatoms. The van der Waals surface area contributed by atoms with Gasteiger partial charge in [-0.3, -0.25) is 0 Å². The van der Waals surface area contributed by atoms with E-state index < -0.39 is 0 Å². The second kappa shape index (κ2) is 24.6. The van der Waals surface area contributed by atoms with Crippen LogP contribution < -0.4 is 53.6 Å². The molecule has 0 spiro atoms. The van der Waals surface area contributed by atoms with Crippen LogP contribution in [0.3, 0.4) is 0 Å². The molecule has 0 N–H and O–H groups in total. The summed E-state index contributed by atoms with van der Waals surface area (Å²) in [5.41, 5.74) is 4.97. The van der Waals surface area contributed by atoms with Crippen LogP contribution >= 0.6 is 47.0 Å². The van der Waals surface area contributed by atoms with Gasteiger partial charge in [0.25, 0.3) is 0 Å². The molecule has 4 unspecified atom stereocenters. The van der Waals surface area contributed by atoms with Crippen LogP contribution in [-0.2, 0) is 0 Å². The Balaban J connectivity index is 0.00000352. The van der Waals surface area contributed by atoms with Crippen LogP contribution in [0.2, 0.25) is 0 Å². The topological polar surface area (TPSA) is 64.5 Å². The molecular weight excluding hydrogens is 1180 g/mol. The SMILES string of the molecule is CC(CN1c2ccccc2Sc2cccnc21)[N+](C)(CCCCC[N+](C)(C(C)CN1c2ccccc2Sc2cccnc21)C(C)CN1c2ccccc2Sc2cccnc21)C(C)CN1c2ccccc2Sc2cccnc21.[Br-].[Br-]. The maximum atomic E-state index is 5.04. The van der Waals surface area contributed by atoms with E-state index in [9.17, 15) is 0 Å². The van der Waals surface area contributed by atoms with Crippen molar-refractivity contribution in [1.82, 2.24) is 19.9 Å². The monoisotopic (exact) mass is 1250 g/mol. The molecule has 4 aromatic carbocycles. The summed E-state index contributed by atoms with van der Waals surface area (Å²) in [6.45, 7) is 15.4. The minimum atomic E-state index is 0. The van der Waals surface area contributed by atoms with Crippen LogP contribution in [0.25, 0.3) is 0 Å². The predicted molar refractivity (Wildman–Crippen MR) is 321 cm³/mol. The molecule has 4 atom stereocenters. The number of fused-ring (bicyclic) bond motifs is 8. The number of nitrogens with zero attached hydrogens (tertiary/aromatic N) is 10. The summed E-state index contributed by atoms with van der Waals surface area (Å²) in [6, 6.07) is 53.7. The molecule has 408 valence electrons. The van der Waals surface area contributed by atoms with Gasteiger partial charge in [0.15, 0.2) is 0 Å². The normalized spacial score (nSPS) is 16.7. The van der Waals surface area contributed by atoms with Gasteiger partial charge in [-0.1, -0.05) is 95.6 Å². The number of pyridine rings is 4. The van der Waals surface area contributed by atoms with Gasteiger partial charge < -0.3 is 62.5 Å². The first-order valence-corrected chi connectivity index (χ1v) is 30.5. The van der Waals surface area contributed by atoms with Gasteiger partial charge in [-0.25, -0.2) is 19.9 Å². The molecule has 0 bridgehead atoms. The molecular formula is C63H68Br2N10S4. The van der Waals surface area contributed by atoms with Crippen LogP contribution in [0, 0.1) is 0 Å². The summed E-state index contributed by atoms with van der Waals surface area (Å²) in [5.74, 6) is 4.22. The summed E-state index contributed by atoms with van der Waals surface area (Å²) < 4.78 is 1.80. The van der Waals surface area contributed by atoms with E-state index in [-0.39, 0.29) is 58.1 Å². The highest BCUT2D eigenvalue weighted by atomic mass is 79.9. The van der Waals surface area contributed by atoms with Crippen LogP contribution in [0.4, 0.5) is 46.0 Å². The fourth-order valence-electron chi connectivity index (χ4n) is 12.0. The largest absolute Gasteiger partial charge is 1.00 e. The maximum absolute atomic E-state index is 5.04.